The summed E-state index contributed by atoms with van der Waals surface area (Å²) in [6.07, 6.45) is 3.25. The van der Waals surface area contributed by atoms with Gasteiger partial charge in [-0.05, 0) is 19.1 Å². The van der Waals surface area contributed by atoms with E-state index in [2.05, 4.69) is 10.3 Å². The molecule has 19 heavy (non-hydrogen) atoms. The summed E-state index contributed by atoms with van der Waals surface area (Å²) in [7, 11) is 0. The van der Waals surface area contributed by atoms with Crippen LogP contribution < -0.4 is 11.1 Å². The van der Waals surface area contributed by atoms with Crippen molar-refractivity contribution in [3.8, 4) is 0 Å². The minimum atomic E-state index is -0.247. The van der Waals surface area contributed by atoms with E-state index in [1.54, 1.807) is 36.7 Å². The Bertz CT molecular complexity index is 601. The number of halogens is 1. The first kappa shape index (κ1) is 13.4. The van der Waals surface area contributed by atoms with E-state index in [1.807, 2.05) is 6.92 Å². The first-order valence-corrected chi connectivity index (χ1v) is 6.25. The summed E-state index contributed by atoms with van der Waals surface area (Å²) in [6, 6.07) is 8.16. The van der Waals surface area contributed by atoms with Gasteiger partial charge in [0.15, 0.2) is 0 Å². The van der Waals surface area contributed by atoms with Crippen molar-refractivity contribution in [2.45, 2.75) is 13.0 Å². The van der Waals surface area contributed by atoms with Crippen LogP contribution in [0.25, 0.3) is 0 Å². The standard InChI is InChI=1S/C14H14FN3S/c1-9(10-4-2-3-5-12(10)15)18-13-8-17-7-6-11(13)14(16)19/h2-9,18H,1H3,(H2,16,19). The lowest BCUT2D eigenvalue weighted by atomic mass is 10.1. The van der Waals surface area contributed by atoms with E-state index < -0.39 is 0 Å². The third kappa shape index (κ3) is 3.06. The molecule has 0 aliphatic heterocycles. The van der Waals surface area contributed by atoms with E-state index in [0.29, 0.717) is 16.8 Å². The largest absolute Gasteiger partial charge is 0.389 e. The number of nitrogens with zero attached hydrogens (tertiary/aromatic N) is 1. The summed E-state index contributed by atoms with van der Waals surface area (Å²) in [5.74, 6) is -0.247. The number of thiocarbonyl (C=S) groups is 1. The zero-order valence-corrected chi connectivity index (χ0v) is 11.2. The van der Waals surface area contributed by atoms with E-state index >= 15 is 0 Å². The average molecular weight is 275 g/mol. The average Bonchev–Trinajstić information content (AvgIpc) is 2.39. The molecule has 0 aliphatic carbocycles. The van der Waals surface area contributed by atoms with Crippen molar-refractivity contribution in [2.24, 2.45) is 5.73 Å². The molecule has 3 nitrogen and oxygen atoms in total. The Hall–Kier alpha value is -2.01. The Balaban J connectivity index is 2.27. The normalized spacial score (nSPS) is 11.9. The van der Waals surface area contributed by atoms with Gasteiger partial charge in [-0.1, -0.05) is 30.4 Å². The second kappa shape index (κ2) is 5.75. The Morgan fingerprint density at radius 1 is 1.37 bits per heavy atom. The van der Waals surface area contributed by atoms with Gasteiger partial charge in [-0.25, -0.2) is 4.39 Å². The molecule has 1 aromatic heterocycles. The fourth-order valence-corrected chi connectivity index (χ4v) is 2.04. The summed E-state index contributed by atoms with van der Waals surface area (Å²) in [6.45, 7) is 1.87. The topological polar surface area (TPSA) is 50.9 Å². The molecule has 0 saturated carbocycles. The number of hydrogen-bond donors (Lipinski definition) is 2. The van der Waals surface area contributed by atoms with Gasteiger partial charge in [-0.15, -0.1) is 0 Å². The van der Waals surface area contributed by atoms with Crippen LogP contribution in [0.4, 0.5) is 10.1 Å². The maximum absolute atomic E-state index is 13.7. The van der Waals surface area contributed by atoms with E-state index in [-0.39, 0.29) is 16.8 Å². The molecule has 0 amide bonds. The number of anilines is 1. The molecule has 0 saturated heterocycles. The van der Waals surface area contributed by atoms with Crippen molar-refractivity contribution in [2.75, 3.05) is 5.32 Å². The molecule has 98 valence electrons. The van der Waals surface area contributed by atoms with Crippen LogP contribution in [0.15, 0.2) is 42.7 Å². The quantitative estimate of drug-likeness (QED) is 0.842. The maximum atomic E-state index is 13.7. The molecule has 2 rings (SSSR count). The van der Waals surface area contributed by atoms with Crippen LogP contribution in [0.5, 0.6) is 0 Å². The van der Waals surface area contributed by atoms with Crippen molar-refractivity contribution in [1.82, 2.24) is 4.98 Å². The Labute approximate surface area is 116 Å². The molecule has 0 aliphatic rings. The molecule has 2 aromatic rings. The molecule has 1 heterocycles. The molecule has 0 bridgehead atoms. The van der Waals surface area contributed by atoms with Gasteiger partial charge in [0.05, 0.1) is 17.9 Å². The number of nitrogens with two attached hydrogens (primary N) is 1. The van der Waals surface area contributed by atoms with Gasteiger partial charge >= 0.3 is 0 Å². The van der Waals surface area contributed by atoms with Crippen molar-refractivity contribution in [1.29, 1.82) is 0 Å². The lowest BCUT2D eigenvalue weighted by molar-refractivity contribution is 0.600. The van der Waals surface area contributed by atoms with Gasteiger partial charge < -0.3 is 11.1 Å². The van der Waals surface area contributed by atoms with Crippen LogP contribution in [-0.2, 0) is 0 Å². The minimum absolute atomic E-state index is 0.210. The number of aromatic nitrogens is 1. The molecule has 1 aromatic carbocycles. The minimum Gasteiger partial charge on any atom is -0.389 e. The molecular weight excluding hydrogens is 261 g/mol. The second-order valence-corrected chi connectivity index (χ2v) is 4.61. The van der Waals surface area contributed by atoms with Crippen LogP contribution in [-0.4, -0.2) is 9.97 Å². The molecule has 0 spiro atoms. The van der Waals surface area contributed by atoms with Crippen LogP contribution in [0, 0.1) is 5.82 Å². The number of benzene rings is 1. The number of rotatable bonds is 4. The summed E-state index contributed by atoms with van der Waals surface area (Å²) < 4.78 is 13.7. The number of pyridine rings is 1. The molecular formula is C14H14FN3S. The smallest absolute Gasteiger partial charge is 0.128 e. The van der Waals surface area contributed by atoms with E-state index in [1.165, 1.54) is 6.07 Å². The second-order valence-electron chi connectivity index (χ2n) is 4.17. The Morgan fingerprint density at radius 2 is 2.11 bits per heavy atom. The number of nitrogens with one attached hydrogen (secondary N) is 1. The van der Waals surface area contributed by atoms with Gasteiger partial charge in [0, 0.05) is 17.3 Å². The first-order valence-electron chi connectivity index (χ1n) is 5.84. The van der Waals surface area contributed by atoms with Gasteiger partial charge in [0.2, 0.25) is 0 Å². The van der Waals surface area contributed by atoms with Crippen molar-refractivity contribution < 1.29 is 4.39 Å². The van der Waals surface area contributed by atoms with Gasteiger partial charge in [0.1, 0.15) is 10.8 Å². The molecule has 3 N–H and O–H groups in total. The molecule has 5 heteroatoms. The summed E-state index contributed by atoms with van der Waals surface area (Å²) in [5.41, 5.74) is 7.63. The number of hydrogen-bond acceptors (Lipinski definition) is 3. The highest BCUT2D eigenvalue weighted by molar-refractivity contribution is 7.80. The van der Waals surface area contributed by atoms with Crippen LogP contribution in [0.1, 0.15) is 24.1 Å². The molecule has 0 fully saturated rings. The fourth-order valence-electron chi connectivity index (χ4n) is 1.86. The summed E-state index contributed by atoms with van der Waals surface area (Å²) in [5, 5.41) is 3.18. The zero-order valence-electron chi connectivity index (χ0n) is 10.4. The molecule has 1 unspecified atom stereocenters. The van der Waals surface area contributed by atoms with Crippen LogP contribution in [0.3, 0.4) is 0 Å². The van der Waals surface area contributed by atoms with E-state index in [9.17, 15) is 4.39 Å². The summed E-state index contributed by atoms with van der Waals surface area (Å²) in [4.78, 5) is 4.31. The summed E-state index contributed by atoms with van der Waals surface area (Å²) >= 11 is 4.98. The molecule has 0 radical (unpaired) electrons. The predicted molar refractivity (Wildman–Crippen MR) is 78.6 cm³/mol. The Kier molecular flexibility index (Phi) is 4.06. The van der Waals surface area contributed by atoms with E-state index in [4.69, 9.17) is 18.0 Å². The lowest BCUT2D eigenvalue weighted by Crippen LogP contribution is -2.16. The third-order valence-corrected chi connectivity index (χ3v) is 3.05. The van der Waals surface area contributed by atoms with E-state index in [0.717, 1.165) is 0 Å². The first-order chi connectivity index (χ1) is 9.09. The van der Waals surface area contributed by atoms with Gasteiger partial charge in [0.25, 0.3) is 0 Å². The monoisotopic (exact) mass is 275 g/mol. The highest BCUT2D eigenvalue weighted by Gasteiger charge is 2.12. The zero-order chi connectivity index (χ0) is 13.8. The van der Waals surface area contributed by atoms with Gasteiger partial charge in [-0.3, -0.25) is 4.98 Å². The molecule has 1 atom stereocenters. The van der Waals surface area contributed by atoms with Crippen LogP contribution >= 0.6 is 12.2 Å². The lowest BCUT2D eigenvalue weighted by Gasteiger charge is -2.18. The highest BCUT2D eigenvalue weighted by atomic mass is 32.1. The van der Waals surface area contributed by atoms with Crippen molar-refractivity contribution in [3.05, 3.63) is 59.7 Å². The highest BCUT2D eigenvalue weighted by Crippen LogP contribution is 2.23. The predicted octanol–water partition coefficient (Wildman–Crippen LogP) is 3.03. The Morgan fingerprint density at radius 3 is 2.79 bits per heavy atom. The van der Waals surface area contributed by atoms with Crippen LogP contribution in [0.2, 0.25) is 0 Å². The fraction of sp³-hybridized carbons (Fsp3) is 0.143. The maximum Gasteiger partial charge on any atom is 0.128 e. The van der Waals surface area contributed by atoms with Gasteiger partial charge in [-0.2, -0.15) is 0 Å². The van der Waals surface area contributed by atoms with Crippen molar-refractivity contribution >= 4 is 22.9 Å². The SMILES string of the molecule is CC(Nc1cnccc1C(N)=S)c1ccccc1F. The third-order valence-electron chi connectivity index (χ3n) is 2.83. The van der Waals surface area contributed by atoms with Crippen molar-refractivity contribution in [3.63, 3.8) is 0 Å².